The van der Waals surface area contributed by atoms with Crippen LogP contribution in [0.25, 0.3) is 0 Å². The van der Waals surface area contributed by atoms with E-state index < -0.39 is 47.7 Å². The van der Waals surface area contributed by atoms with Crippen molar-refractivity contribution in [3.05, 3.63) is 60.2 Å². The van der Waals surface area contributed by atoms with Gasteiger partial charge in [0.1, 0.15) is 23.7 Å². The molecule has 11 nitrogen and oxygen atoms in total. The molecule has 2 N–H and O–H groups in total. The second kappa shape index (κ2) is 16.7. The Bertz CT molecular complexity index is 1330. The Morgan fingerprint density at radius 1 is 0.979 bits per heavy atom. The van der Waals surface area contributed by atoms with Crippen LogP contribution < -0.4 is 5.32 Å². The monoisotopic (exact) mass is 665 g/mol. The zero-order valence-electron chi connectivity index (χ0n) is 28.3. The SMILES string of the molecule is CCCCCN1C/C=C\CCC(=O)N[C@@H](COC)[C@H](c2ccccc2)OC(=O)[C@@H]2[C@H]3C(=O)N(CCCCCCO)[C@H](C1=O)[C@]31C=C[C@H]2O1. The minimum Gasteiger partial charge on any atom is -0.455 e. The maximum absolute atomic E-state index is 14.6. The second-order valence-corrected chi connectivity index (χ2v) is 13.3. The minimum atomic E-state index is -1.29. The Morgan fingerprint density at radius 3 is 2.50 bits per heavy atom. The van der Waals surface area contributed by atoms with Crippen LogP contribution in [-0.4, -0.2) is 102 Å². The smallest absolute Gasteiger partial charge is 0.313 e. The van der Waals surface area contributed by atoms with Gasteiger partial charge in [-0.1, -0.05) is 87.2 Å². The molecule has 3 amide bonds. The van der Waals surface area contributed by atoms with E-state index in [0.29, 0.717) is 44.5 Å². The molecule has 5 bridgehead atoms. The third-order valence-corrected chi connectivity index (χ3v) is 9.99. The highest BCUT2D eigenvalue weighted by molar-refractivity contribution is 5.99. The van der Waals surface area contributed by atoms with Gasteiger partial charge < -0.3 is 34.4 Å². The summed E-state index contributed by atoms with van der Waals surface area (Å²) in [7, 11) is 1.53. The van der Waals surface area contributed by atoms with Crippen molar-refractivity contribution >= 4 is 23.7 Å². The van der Waals surface area contributed by atoms with E-state index in [9.17, 15) is 24.3 Å². The lowest BCUT2D eigenvalue weighted by Gasteiger charge is -2.36. The highest BCUT2D eigenvalue weighted by Crippen LogP contribution is 2.56. The van der Waals surface area contributed by atoms with Crippen molar-refractivity contribution < 1.29 is 38.5 Å². The lowest BCUT2D eigenvalue weighted by atomic mass is 9.74. The number of allylic oxidation sites excluding steroid dienone is 1. The molecular formula is C37H51N3O8. The second-order valence-electron chi connectivity index (χ2n) is 13.3. The largest absolute Gasteiger partial charge is 0.455 e. The molecule has 0 aromatic heterocycles. The summed E-state index contributed by atoms with van der Waals surface area (Å²) < 4.78 is 18.3. The molecule has 1 aromatic rings. The van der Waals surface area contributed by atoms with E-state index in [4.69, 9.17) is 14.2 Å². The number of unbranched alkanes of at least 4 members (excludes halogenated alkanes) is 5. The zero-order chi connectivity index (χ0) is 34.1. The number of likely N-dealkylation sites (tertiary alicyclic amines) is 1. The summed E-state index contributed by atoms with van der Waals surface area (Å²) in [6.45, 7) is 3.51. The number of cyclic esters (lactones) is 1. The summed E-state index contributed by atoms with van der Waals surface area (Å²) in [5.41, 5.74) is -0.616. The van der Waals surface area contributed by atoms with Gasteiger partial charge in [-0.2, -0.15) is 0 Å². The lowest BCUT2D eigenvalue weighted by Crippen LogP contribution is -2.56. The predicted octanol–water partition coefficient (Wildman–Crippen LogP) is 3.47. The van der Waals surface area contributed by atoms with Crippen LogP contribution >= 0.6 is 0 Å². The van der Waals surface area contributed by atoms with Crippen LogP contribution in [-0.2, 0) is 33.4 Å². The zero-order valence-corrected chi connectivity index (χ0v) is 28.3. The molecule has 262 valence electrons. The number of fused-ring (bicyclic) bond motifs is 2. The number of methoxy groups -OCH3 is 1. The van der Waals surface area contributed by atoms with E-state index in [-0.39, 0.29) is 37.4 Å². The van der Waals surface area contributed by atoms with Gasteiger partial charge >= 0.3 is 5.97 Å². The molecule has 1 spiro atoms. The summed E-state index contributed by atoms with van der Waals surface area (Å²) in [5.74, 6) is -3.21. The van der Waals surface area contributed by atoms with Crippen LogP contribution in [0.5, 0.6) is 0 Å². The van der Waals surface area contributed by atoms with Crippen LogP contribution in [0.15, 0.2) is 54.6 Å². The van der Waals surface area contributed by atoms with Crippen LogP contribution in [0.3, 0.4) is 0 Å². The van der Waals surface area contributed by atoms with Gasteiger partial charge in [-0.05, 0) is 31.2 Å². The Balaban J connectivity index is 1.54. The van der Waals surface area contributed by atoms with Crippen LogP contribution in [0.4, 0.5) is 0 Å². The number of hydrogen-bond acceptors (Lipinski definition) is 8. The van der Waals surface area contributed by atoms with Gasteiger partial charge in [0.25, 0.3) is 0 Å². The number of amides is 3. The predicted molar refractivity (Wildman–Crippen MR) is 178 cm³/mol. The van der Waals surface area contributed by atoms with Gasteiger partial charge in [0.2, 0.25) is 17.7 Å². The first-order chi connectivity index (χ1) is 23.4. The number of carbonyl (C=O) groups is 4. The normalized spacial score (nSPS) is 31.2. The van der Waals surface area contributed by atoms with Crippen molar-refractivity contribution in [1.82, 2.24) is 15.1 Å². The van der Waals surface area contributed by atoms with E-state index in [1.54, 1.807) is 15.9 Å². The molecule has 4 aliphatic rings. The molecule has 2 saturated heterocycles. The van der Waals surface area contributed by atoms with E-state index in [1.807, 2.05) is 48.6 Å². The van der Waals surface area contributed by atoms with Gasteiger partial charge in [-0.15, -0.1) is 0 Å². The molecule has 48 heavy (non-hydrogen) atoms. The highest BCUT2D eigenvalue weighted by Gasteiger charge is 2.73. The quantitative estimate of drug-likeness (QED) is 0.186. The molecule has 0 aliphatic carbocycles. The minimum absolute atomic E-state index is 0.0958. The van der Waals surface area contributed by atoms with Crippen LogP contribution in [0.1, 0.15) is 76.4 Å². The Labute approximate surface area is 283 Å². The van der Waals surface area contributed by atoms with E-state index in [0.717, 1.165) is 32.1 Å². The number of benzene rings is 1. The maximum Gasteiger partial charge on any atom is 0.313 e. The molecule has 5 rings (SSSR count). The average molecular weight is 666 g/mol. The maximum atomic E-state index is 14.6. The Hall–Kier alpha value is -3.54. The molecule has 0 saturated carbocycles. The van der Waals surface area contributed by atoms with Crippen molar-refractivity contribution in [1.29, 1.82) is 0 Å². The summed E-state index contributed by atoms with van der Waals surface area (Å²) in [4.78, 5) is 60.0. The van der Waals surface area contributed by atoms with Gasteiger partial charge in [0.15, 0.2) is 0 Å². The number of carbonyl (C=O) groups excluding carboxylic acids is 4. The summed E-state index contributed by atoms with van der Waals surface area (Å²) in [5, 5.41) is 12.3. The standard InChI is InChI=1S/C37H51N3O8/c1-3-4-12-21-39-22-13-8-11-18-29(42)38-27(25-46-2)32(26-16-9-7-10-17-26)47-36(45)30-28-19-20-37(48-28)31(30)34(43)40(33(37)35(39)44)23-14-5-6-15-24-41/h7-10,13,16-17,19-20,27-28,30-33,41H,3-6,11-12,14-15,18,21-25H2,1-2H3,(H,38,42)/b13-8-/t27-,28+,30-,31-,32-,33+,37-/m0/s1. The Morgan fingerprint density at radius 2 is 1.75 bits per heavy atom. The van der Waals surface area contributed by atoms with Crippen molar-refractivity contribution in [3.63, 3.8) is 0 Å². The van der Waals surface area contributed by atoms with Gasteiger partial charge in [0, 0.05) is 39.8 Å². The number of nitrogens with zero attached hydrogens (tertiary/aromatic N) is 2. The molecule has 0 radical (unpaired) electrons. The summed E-state index contributed by atoms with van der Waals surface area (Å²) in [6.07, 6.45) is 12.2. The number of aliphatic hydroxyl groups is 1. The molecular weight excluding hydrogens is 614 g/mol. The van der Waals surface area contributed by atoms with Gasteiger partial charge in [-0.25, -0.2) is 0 Å². The molecule has 2 fully saturated rings. The third-order valence-electron chi connectivity index (χ3n) is 9.99. The number of esters is 1. The molecule has 1 aromatic carbocycles. The third kappa shape index (κ3) is 7.53. The molecule has 0 unspecified atom stereocenters. The first kappa shape index (κ1) is 35.8. The molecule has 11 heteroatoms. The van der Waals surface area contributed by atoms with Gasteiger partial charge in [0.05, 0.1) is 24.7 Å². The van der Waals surface area contributed by atoms with E-state index in [1.165, 1.54) is 7.11 Å². The van der Waals surface area contributed by atoms with Crippen molar-refractivity contribution in [2.75, 3.05) is 40.0 Å². The molecule has 4 aliphatic heterocycles. The Kier molecular flexibility index (Phi) is 12.5. The number of hydrogen-bond donors (Lipinski definition) is 2. The number of aliphatic hydroxyl groups excluding tert-OH is 1. The van der Waals surface area contributed by atoms with Crippen molar-refractivity contribution in [2.45, 2.75) is 94.6 Å². The number of nitrogens with one attached hydrogen (secondary N) is 1. The van der Waals surface area contributed by atoms with E-state index in [2.05, 4.69) is 12.2 Å². The van der Waals surface area contributed by atoms with Crippen LogP contribution in [0, 0.1) is 11.8 Å². The fourth-order valence-corrected chi connectivity index (χ4v) is 7.65. The number of rotatable bonds is 13. The summed E-state index contributed by atoms with van der Waals surface area (Å²) >= 11 is 0. The van der Waals surface area contributed by atoms with Crippen LogP contribution in [0.2, 0.25) is 0 Å². The average Bonchev–Trinajstić information content (AvgIpc) is 3.73. The molecule has 4 heterocycles. The first-order valence-electron chi connectivity index (χ1n) is 17.6. The van der Waals surface area contributed by atoms with Gasteiger partial charge in [-0.3, -0.25) is 19.2 Å². The number of ether oxygens (including phenoxy) is 3. The summed E-state index contributed by atoms with van der Waals surface area (Å²) in [6, 6.07) is 7.58. The first-order valence-corrected chi connectivity index (χ1v) is 17.6. The van der Waals surface area contributed by atoms with Crippen molar-refractivity contribution in [3.8, 4) is 0 Å². The topological polar surface area (TPSA) is 135 Å². The molecule has 7 atom stereocenters. The van der Waals surface area contributed by atoms with E-state index >= 15 is 0 Å². The lowest BCUT2D eigenvalue weighted by molar-refractivity contribution is -0.162. The fraction of sp³-hybridized carbons (Fsp3) is 0.622. The highest BCUT2D eigenvalue weighted by atomic mass is 16.6. The fourth-order valence-electron chi connectivity index (χ4n) is 7.65. The van der Waals surface area contributed by atoms with Crippen molar-refractivity contribution in [2.24, 2.45) is 11.8 Å².